The highest BCUT2D eigenvalue weighted by atomic mass is 19.1. The molecule has 0 aromatic heterocycles. The molecule has 2 aliphatic rings. The summed E-state index contributed by atoms with van der Waals surface area (Å²) in [6.07, 6.45) is 4.19. The highest BCUT2D eigenvalue weighted by Gasteiger charge is 2.42. The molecule has 1 amide bonds. The smallest absolute Gasteiger partial charge is 0.225 e. The monoisotopic (exact) mass is 420 g/mol. The Morgan fingerprint density at radius 3 is 2.33 bits per heavy atom. The Hall–Kier alpha value is -2.18. The van der Waals surface area contributed by atoms with Gasteiger partial charge in [0.1, 0.15) is 11.6 Å². The first-order chi connectivity index (χ1) is 14.5. The second-order valence-corrected chi connectivity index (χ2v) is 8.31. The number of hydrogen-bond acceptors (Lipinski definition) is 2. The van der Waals surface area contributed by atoms with Gasteiger partial charge in [0.05, 0.1) is 0 Å². The van der Waals surface area contributed by atoms with Crippen molar-refractivity contribution >= 4 is 11.9 Å². The van der Waals surface area contributed by atoms with Gasteiger partial charge in [-0.15, -0.1) is 0 Å². The number of benzene rings is 1. The molecule has 0 radical (unpaired) electrons. The third-order valence-corrected chi connectivity index (χ3v) is 6.28. The number of halogens is 2. The number of aliphatic imine (C=N–C) groups is 1. The van der Waals surface area contributed by atoms with Crippen LogP contribution in [-0.2, 0) is 4.79 Å². The molecule has 1 aromatic carbocycles. The van der Waals surface area contributed by atoms with E-state index >= 15 is 0 Å². The lowest BCUT2D eigenvalue weighted by Crippen LogP contribution is -2.51. The second-order valence-electron chi connectivity index (χ2n) is 8.31. The lowest BCUT2D eigenvalue weighted by Gasteiger charge is -2.35. The summed E-state index contributed by atoms with van der Waals surface area (Å²) in [6, 6.07) is 4.22. The van der Waals surface area contributed by atoms with Crippen molar-refractivity contribution in [1.82, 2.24) is 15.5 Å². The van der Waals surface area contributed by atoms with Crippen LogP contribution < -0.4 is 10.6 Å². The molecule has 1 saturated carbocycles. The number of guanidine groups is 1. The zero-order valence-electron chi connectivity index (χ0n) is 18.3. The molecule has 1 aromatic rings. The van der Waals surface area contributed by atoms with Crippen molar-refractivity contribution in [3.05, 3.63) is 35.4 Å². The summed E-state index contributed by atoms with van der Waals surface area (Å²) in [7, 11) is 0. The normalized spacial score (nSPS) is 22.3. The zero-order valence-corrected chi connectivity index (χ0v) is 18.3. The summed E-state index contributed by atoms with van der Waals surface area (Å²) in [5.41, 5.74) is 0.166. The number of piperidine rings is 1. The summed E-state index contributed by atoms with van der Waals surface area (Å²) >= 11 is 0. The molecule has 166 valence electrons. The third kappa shape index (κ3) is 5.29. The average molecular weight is 421 g/mol. The molecule has 2 atom stereocenters. The Labute approximate surface area is 178 Å². The number of carbonyl (C=O) groups is 1. The van der Waals surface area contributed by atoms with Gasteiger partial charge in [-0.05, 0) is 51.2 Å². The lowest BCUT2D eigenvalue weighted by molar-refractivity contribution is -0.136. The molecule has 7 heteroatoms. The summed E-state index contributed by atoms with van der Waals surface area (Å²) in [5, 5.41) is 6.80. The van der Waals surface area contributed by atoms with Crippen LogP contribution in [0.15, 0.2) is 23.2 Å². The van der Waals surface area contributed by atoms with Gasteiger partial charge in [-0.2, -0.15) is 0 Å². The first-order valence-electron chi connectivity index (χ1n) is 11.3. The Morgan fingerprint density at radius 1 is 1.13 bits per heavy atom. The highest BCUT2D eigenvalue weighted by molar-refractivity contribution is 5.81. The fourth-order valence-corrected chi connectivity index (χ4v) is 4.34. The number of hydrogen-bond donors (Lipinski definition) is 2. The van der Waals surface area contributed by atoms with Crippen molar-refractivity contribution in [1.29, 1.82) is 0 Å². The van der Waals surface area contributed by atoms with Crippen molar-refractivity contribution in [3.8, 4) is 0 Å². The summed E-state index contributed by atoms with van der Waals surface area (Å²) < 4.78 is 28.1. The van der Waals surface area contributed by atoms with Crippen LogP contribution in [0.3, 0.4) is 0 Å². The van der Waals surface area contributed by atoms with E-state index in [0.29, 0.717) is 18.9 Å². The van der Waals surface area contributed by atoms with Gasteiger partial charge in [-0.25, -0.2) is 8.78 Å². The van der Waals surface area contributed by atoms with E-state index in [0.717, 1.165) is 38.8 Å². The van der Waals surface area contributed by atoms with Crippen LogP contribution in [0.5, 0.6) is 0 Å². The van der Waals surface area contributed by atoms with E-state index in [4.69, 9.17) is 0 Å². The highest BCUT2D eigenvalue weighted by Crippen LogP contribution is 2.43. The minimum atomic E-state index is -0.485. The molecule has 0 spiro atoms. The summed E-state index contributed by atoms with van der Waals surface area (Å²) in [6.45, 7) is 8.21. The van der Waals surface area contributed by atoms with E-state index in [1.807, 2.05) is 11.8 Å². The molecule has 0 bridgehead atoms. The standard InChI is InChI=1S/C23H34F2N4O/c1-4-15(5-2)22(30)29-12-10-16(11-13-29)27-23(26-6-3)28-20-14-17(20)21-18(24)8-7-9-19(21)25/h7-9,15-17,20H,4-6,10-14H2,1-3H3,(H2,26,27,28). The molecule has 1 aliphatic carbocycles. The van der Waals surface area contributed by atoms with Crippen molar-refractivity contribution < 1.29 is 13.6 Å². The fraction of sp³-hybridized carbons (Fsp3) is 0.652. The van der Waals surface area contributed by atoms with Crippen molar-refractivity contribution in [2.24, 2.45) is 10.9 Å². The molecule has 5 nitrogen and oxygen atoms in total. The van der Waals surface area contributed by atoms with Gasteiger partial charge in [0, 0.05) is 49.1 Å². The minimum absolute atomic E-state index is 0.0225. The van der Waals surface area contributed by atoms with E-state index in [9.17, 15) is 13.6 Å². The van der Waals surface area contributed by atoms with Crippen molar-refractivity contribution in [2.45, 2.75) is 70.9 Å². The van der Waals surface area contributed by atoms with Gasteiger partial charge in [0.25, 0.3) is 0 Å². The van der Waals surface area contributed by atoms with Crippen molar-refractivity contribution in [3.63, 3.8) is 0 Å². The van der Waals surface area contributed by atoms with Gasteiger partial charge in [-0.3, -0.25) is 9.79 Å². The molecule has 1 aliphatic heterocycles. The van der Waals surface area contributed by atoms with Crippen LogP contribution in [0.4, 0.5) is 8.78 Å². The Balaban J connectivity index is 1.52. The maximum absolute atomic E-state index is 14.0. The van der Waals surface area contributed by atoms with Crippen LogP contribution in [0, 0.1) is 17.6 Å². The van der Waals surface area contributed by atoms with E-state index in [1.165, 1.54) is 18.2 Å². The third-order valence-electron chi connectivity index (χ3n) is 6.28. The fourth-order valence-electron chi connectivity index (χ4n) is 4.34. The van der Waals surface area contributed by atoms with Crippen LogP contribution >= 0.6 is 0 Å². The SMILES string of the molecule is CCN=C(NC1CCN(C(=O)C(CC)CC)CC1)NC1CC1c1c(F)cccc1F. The quantitative estimate of drug-likeness (QED) is 0.521. The predicted octanol–water partition coefficient (Wildman–Crippen LogP) is 3.80. The number of likely N-dealkylation sites (tertiary alicyclic amines) is 1. The topological polar surface area (TPSA) is 56.7 Å². The number of carbonyl (C=O) groups excluding carboxylic acids is 1. The van der Waals surface area contributed by atoms with Gasteiger partial charge in [-0.1, -0.05) is 19.9 Å². The molecular weight excluding hydrogens is 386 g/mol. The van der Waals surface area contributed by atoms with Gasteiger partial charge in [0.2, 0.25) is 5.91 Å². The van der Waals surface area contributed by atoms with E-state index in [-0.39, 0.29) is 35.4 Å². The molecule has 2 fully saturated rings. The van der Waals surface area contributed by atoms with Crippen molar-refractivity contribution in [2.75, 3.05) is 19.6 Å². The lowest BCUT2D eigenvalue weighted by atomic mass is 9.98. The average Bonchev–Trinajstić information content (AvgIpc) is 3.48. The van der Waals surface area contributed by atoms with E-state index in [2.05, 4.69) is 29.5 Å². The van der Waals surface area contributed by atoms with Crippen LogP contribution in [0.2, 0.25) is 0 Å². The minimum Gasteiger partial charge on any atom is -0.354 e. The molecule has 1 heterocycles. The Morgan fingerprint density at radius 2 is 1.77 bits per heavy atom. The van der Waals surface area contributed by atoms with Crippen LogP contribution in [0.25, 0.3) is 0 Å². The van der Waals surface area contributed by atoms with Gasteiger partial charge >= 0.3 is 0 Å². The first-order valence-corrected chi connectivity index (χ1v) is 11.3. The maximum atomic E-state index is 14.0. The molecule has 2 unspecified atom stereocenters. The molecular formula is C23H34F2N4O. The maximum Gasteiger partial charge on any atom is 0.225 e. The number of nitrogens with one attached hydrogen (secondary N) is 2. The molecule has 2 N–H and O–H groups in total. The Bertz CT molecular complexity index is 737. The number of amides is 1. The van der Waals surface area contributed by atoms with E-state index in [1.54, 1.807) is 0 Å². The summed E-state index contributed by atoms with van der Waals surface area (Å²) in [5.74, 6) is -0.0618. The predicted molar refractivity (Wildman–Crippen MR) is 115 cm³/mol. The van der Waals surface area contributed by atoms with Gasteiger partial charge < -0.3 is 15.5 Å². The molecule has 3 rings (SSSR count). The zero-order chi connectivity index (χ0) is 21.7. The first kappa shape index (κ1) is 22.5. The molecule has 30 heavy (non-hydrogen) atoms. The number of rotatable bonds is 7. The largest absolute Gasteiger partial charge is 0.354 e. The van der Waals surface area contributed by atoms with E-state index < -0.39 is 11.6 Å². The van der Waals surface area contributed by atoms with Crippen LogP contribution in [-0.4, -0.2) is 48.5 Å². The van der Waals surface area contributed by atoms with Gasteiger partial charge in [0.15, 0.2) is 5.96 Å². The second kappa shape index (κ2) is 10.2. The Kier molecular flexibility index (Phi) is 7.67. The number of nitrogens with zero attached hydrogens (tertiary/aromatic N) is 2. The molecule has 1 saturated heterocycles. The summed E-state index contributed by atoms with van der Waals surface area (Å²) in [4.78, 5) is 19.1. The van der Waals surface area contributed by atoms with Crippen LogP contribution in [0.1, 0.15) is 64.4 Å².